The van der Waals surface area contributed by atoms with E-state index < -0.39 is 29.4 Å². The minimum atomic E-state index is -0.892. The number of aromatic nitrogens is 1. The van der Waals surface area contributed by atoms with E-state index >= 15 is 0 Å². The molecule has 4 atom stereocenters. The molecule has 1 aliphatic rings. The Labute approximate surface area is 240 Å². The van der Waals surface area contributed by atoms with Crippen molar-refractivity contribution >= 4 is 35.0 Å². The lowest BCUT2D eigenvalue weighted by atomic mass is 9.85. The first-order chi connectivity index (χ1) is 18.8. The smallest absolute Gasteiger partial charge is 0.306 e. The molecular formula is C30H42N4O5S. The molecule has 1 fully saturated rings. The summed E-state index contributed by atoms with van der Waals surface area (Å²) in [6, 6.07) is 6.61. The molecule has 2 unspecified atom stereocenters. The second kappa shape index (κ2) is 13.4. The average molecular weight is 571 g/mol. The number of thiazole rings is 1. The summed E-state index contributed by atoms with van der Waals surface area (Å²) in [6.45, 7) is 11.9. The fraction of sp³-hybridized carbons (Fsp3) is 0.567. The number of hydrogen-bond acceptors (Lipinski definition) is 6. The highest BCUT2D eigenvalue weighted by atomic mass is 32.1. The third-order valence-electron chi connectivity index (χ3n) is 7.40. The lowest BCUT2D eigenvalue weighted by Crippen LogP contribution is -2.57. The van der Waals surface area contributed by atoms with Gasteiger partial charge in [-0.2, -0.15) is 0 Å². The summed E-state index contributed by atoms with van der Waals surface area (Å²) in [5, 5.41) is 15.0. The van der Waals surface area contributed by atoms with E-state index in [9.17, 15) is 19.2 Å². The predicted molar refractivity (Wildman–Crippen MR) is 155 cm³/mol. The van der Waals surface area contributed by atoms with Crippen LogP contribution < -0.4 is 10.6 Å². The van der Waals surface area contributed by atoms with Gasteiger partial charge in [0.25, 0.3) is 0 Å². The highest BCUT2D eigenvalue weighted by Crippen LogP contribution is 2.28. The van der Waals surface area contributed by atoms with Gasteiger partial charge in [-0.15, -0.1) is 11.3 Å². The lowest BCUT2D eigenvalue weighted by Gasteiger charge is -2.35. The van der Waals surface area contributed by atoms with Gasteiger partial charge in [0.05, 0.1) is 22.0 Å². The van der Waals surface area contributed by atoms with Crippen molar-refractivity contribution in [2.45, 2.75) is 85.9 Å². The monoisotopic (exact) mass is 570 g/mol. The number of rotatable bonds is 11. The Morgan fingerprint density at radius 1 is 1.15 bits per heavy atom. The summed E-state index contributed by atoms with van der Waals surface area (Å²) in [6.07, 6.45) is 1.78. The first-order valence-electron chi connectivity index (χ1n) is 13.9. The number of amides is 3. The molecule has 1 aliphatic heterocycles. The normalized spacial score (nSPS) is 17.6. The van der Waals surface area contributed by atoms with Crippen LogP contribution in [0.1, 0.15) is 71.6 Å². The maximum atomic E-state index is 13.7. The Balaban J connectivity index is 1.61. The molecule has 1 aromatic carbocycles. The Bertz CT molecular complexity index is 1200. The van der Waals surface area contributed by atoms with Crippen LogP contribution in [0.15, 0.2) is 29.8 Å². The van der Waals surface area contributed by atoms with Crippen LogP contribution in [-0.4, -0.2) is 57.3 Å². The second-order valence-corrected chi connectivity index (χ2v) is 12.9. The summed E-state index contributed by atoms with van der Waals surface area (Å²) < 4.78 is 0. The molecule has 0 radical (unpaired) electrons. The van der Waals surface area contributed by atoms with Gasteiger partial charge in [0.15, 0.2) is 0 Å². The second-order valence-electron chi connectivity index (χ2n) is 12.0. The maximum Gasteiger partial charge on any atom is 0.306 e. The van der Waals surface area contributed by atoms with Gasteiger partial charge >= 0.3 is 5.97 Å². The fourth-order valence-corrected chi connectivity index (χ4v) is 5.91. The van der Waals surface area contributed by atoms with Crippen LogP contribution >= 0.6 is 11.3 Å². The molecule has 10 heteroatoms. The summed E-state index contributed by atoms with van der Waals surface area (Å²) in [7, 11) is 0. The van der Waals surface area contributed by atoms with Crippen molar-refractivity contribution in [3.8, 4) is 10.4 Å². The van der Waals surface area contributed by atoms with Gasteiger partial charge in [-0.05, 0) is 48.6 Å². The van der Waals surface area contributed by atoms with Crippen molar-refractivity contribution in [3.05, 3.63) is 41.0 Å². The van der Waals surface area contributed by atoms with Gasteiger partial charge in [-0.3, -0.25) is 19.2 Å². The number of aliphatic carboxylic acids is 1. The maximum absolute atomic E-state index is 13.7. The standard InChI is InChI=1S/C30H42N4O5S/c1-18(14-19(2)29(38)39)15-24(35)33-26(30(4,5)6)28(37)34-13-7-8-23(34)27(36)31-16-21-9-11-22(12-10-21)25-20(3)32-17-40-25/h9-12,17-19,23,26H,7-8,13-16H2,1-6H3,(H,31,36)(H,33,35)(H,38,39)/t18?,19?,23-,26+/m0/s1. The SMILES string of the molecule is Cc1ncsc1-c1ccc(CNC(=O)[C@@H]2CCCN2C(=O)[C@@H](NC(=O)CC(C)CC(C)C(=O)O)C(C)(C)C)cc1. The number of likely N-dealkylation sites (tertiary alicyclic amines) is 1. The fourth-order valence-electron chi connectivity index (χ4n) is 5.10. The molecule has 2 heterocycles. The van der Waals surface area contributed by atoms with E-state index in [0.29, 0.717) is 32.4 Å². The van der Waals surface area contributed by atoms with E-state index in [1.807, 2.05) is 64.4 Å². The van der Waals surface area contributed by atoms with E-state index in [0.717, 1.165) is 21.7 Å². The summed E-state index contributed by atoms with van der Waals surface area (Å²) in [5.74, 6) is -2.36. The van der Waals surface area contributed by atoms with E-state index in [-0.39, 0.29) is 30.1 Å². The Hall–Kier alpha value is -3.27. The zero-order chi connectivity index (χ0) is 29.6. The Morgan fingerprint density at radius 2 is 1.82 bits per heavy atom. The summed E-state index contributed by atoms with van der Waals surface area (Å²) in [5.41, 5.74) is 4.28. The molecule has 3 amide bonds. The number of nitrogens with zero attached hydrogens (tertiary/aromatic N) is 2. The third-order valence-corrected chi connectivity index (χ3v) is 8.37. The van der Waals surface area contributed by atoms with Crippen LogP contribution in [0.25, 0.3) is 10.4 Å². The first kappa shape index (κ1) is 31.3. The van der Waals surface area contributed by atoms with Crippen LogP contribution in [-0.2, 0) is 25.7 Å². The molecule has 0 bridgehead atoms. The number of hydrogen-bond donors (Lipinski definition) is 3. The van der Waals surface area contributed by atoms with Crippen molar-refractivity contribution in [2.75, 3.05) is 6.54 Å². The number of carbonyl (C=O) groups is 4. The molecule has 3 rings (SSSR count). The highest BCUT2D eigenvalue weighted by Gasteiger charge is 2.41. The molecule has 218 valence electrons. The zero-order valence-corrected chi connectivity index (χ0v) is 25.1. The van der Waals surface area contributed by atoms with Crippen LogP contribution in [0.4, 0.5) is 0 Å². The number of carboxylic acid groups (broad SMARTS) is 1. The van der Waals surface area contributed by atoms with Gasteiger partial charge in [-0.1, -0.05) is 58.9 Å². The lowest BCUT2D eigenvalue weighted by molar-refractivity contribution is -0.144. The molecule has 0 saturated carbocycles. The molecular weight excluding hydrogens is 528 g/mol. The first-order valence-corrected chi connectivity index (χ1v) is 14.8. The Kier molecular flexibility index (Phi) is 10.5. The molecule has 3 N–H and O–H groups in total. The summed E-state index contributed by atoms with van der Waals surface area (Å²) in [4.78, 5) is 57.9. The largest absolute Gasteiger partial charge is 0.481 e. The minimum absolute atomic E-state index is 0.128. The zero-order valence-electron chi connectivity index (χ0n) is 24.3. The van der Waals surface area contributed by atoms with Crippen molar-refractivity contribution in [1.82, 2.24) is 20.5 Å². The Morgan fingerprint density at radius 3 is 2.40 bits per heavy atom. The molecule has 0 aliphatic carbocycles. The average Bonchev–Trinajstić information content (AvgIpc) is 3.54. The number of aryl methyl sites for hydroxylation is 1. The van der Waals surface area contributed by atoms with E-state index in [1.54, 1.807) is 23.2 Å². The van der Waals surface area contributed by atoms with Crippen LogP contribution in [0, 0.1) is 24.2 Å². The quantitative estimate of drug-likeness (QED) is 0.368. The molecule has 2 aromatic rings. The van der Waals surface area contributed by atoms with E-state index in [2.05, 4.69) is 15.6 Å². The summed E-state index contributed by atoms with van der Waals surface area (Å²) >= 11 is 1.59. The van der Waals surface area contributed by atoms with Crippen LogP contribution in [0.2, 0.25) is 0 Å². The van der Waals surface area contributed by atoms with Gasteiger partial charge in [-0.25, -0.2) is 4.98 Å². The van der Waals surface area contributed by atoms with Crippen LogP contribution in [0.5, 0.6) is 0 Å². The number of nitrogens with one attached hydrogen (secondary N) is 2. The topological polar surface area (TPSA) is 129 Å². The molecule has 0 spiro atoms. The highest BCUT2D eigenvalue weighted by molar-refractivity contribution is 7.13. The van der Waals surface area contributed by atoms with Gasteiger partial charge in [0.1, 0.15) is 12.1 Å². The van der Waals surface area contributed by atoms with Crippen molar-refractivity contribution in [1.29, 1.82) is 0 Å². The molecule has 1 aromatic heterocycles. The van der Waals surface area contributed by atoms with Crippen molar-refractivity contribution in [3.63, 3.8) is 0 Å². The van der Waals surface area contributed by atoms with Gasteiger partial charge in [0.2, 0.25) is 17.7 Å². The van der Waals surface area contributed by atoms with Crippen LogP contribution in [0.3, 0.4) is 0 Å². The minimum Gasteiger partial charge on any atom is -0.481 e. The van der Waals surface area contributed by atoms with Crippen molar-refractivity contribution < 1.29 is 24.3 Å². The predicted octanol–water partition coefficient (Wildman–Crippen LogP) is 4.39. The van der Waals surface area contributed by atoms with Crippen molar-refractivity contribution in [2.24, 2.45) is 17.3 Å². The number of carboxylic acids is 1. The third kappa shape index (κ3) is 8.13. The van der Waals surface area contributed by atoms with Gasteiger partial charge in [0, 0.05) is 19.5 Å². The van der Waals surface area contributed by atoms with Gasteiger partial charge < -0.3 is 20.6 Å². The molecule has 40 heavy (non-hydrogen) atoms. The molecule has 9 nitrogen and oxygen atoms in total. The number of benzene rings is 1. The van der Waals surface area contributed by atoms with E-state index in [4.69, 9.17) is 5.11 Å². The molecule has 1 saturated heterocycles. The van der Waals surface area contributed by atoms with E-state index in [1.165, 1.54) is 0 Å². The number of carbonyl (C=O) groups excluding carboxylic acids is 3.